The number of rotatable bonds is 4. The molecule has 0 saturated carbocycles. The predicted octanol–water partition coefficient (Wildman–Crippen LogP) is 3.56. The van der Waals surface area contributed by atoms with E-state index in [0.29, 0.717) is 0 Å². The van der Waals surface area contributed by atoms with Crippen molar-refractivity contribution in [2.24, 2.45) is 5.73 Å². The van der Waals surface area contributed by atoms with E-state index in [2.05, 4.69) is 0 Å². The molecule has 0 aliphatic heterocycles. The molecule has 0 aromatic heterocycles. The molecule has 0 radical (unpaired) electrons. The maximum atomic E-state index is 13.7. The van der Waals surface area contributed by atoms with Gasteiger partial charge in [0.05, 0.1) is 0 Å². The average Bonchev–Trinajstić information content (AvgIpc) is 2.36. The van der Waals surface area contributed by atoms with E-state index in [1.54, 1.807) is 6.92 Å². The molecule has 2 N–H and O–H groups in total. The molecule has 2 nitrogen and oxygen atoms in total. The highest BCUT2D eigenvalue weighted by molar-refractivity contribution is 5.37. The summed E-state index contributed by atoms with van der Waals surface area (Å²) in [5.41, 5.74) is 6.80. The van der Waals surface area contributed by atoms with Crippen molar-refractivity contribution in [3.8, 4) is 5.75 Å². The van der Waals surface area contributed by atoms with Crippen LogP contribution in [0.3, 0.4) is 0 Å². The number of nitrogens with two attached hydrogens (primary N) is 1. The summed E-state index contributed by atoms with van der Waals surface area (Å²) in [7, 11) is 0. The molecule has 0 aliphatic rings. The summed E-state index contributed by atoms with van der Waals surface area (Å²) in [5.74, 6) is -1.21. The minimum atomic E-state index is -0.682. The Hall–Kier alpha value is -1.94. The maximum absolute atomic E-state index is 13.7. The van der Waals surface area contributed by atoms with Gasteiger partial charge in [-0.15, -0.1) is 0 Å². The van der Waals surface area contributed by atoms with Gasteiger partial charge in [0.15, 0.2) is 0 Å². The molecule has 0 saturated heterocycles. The molecule has 1 atom stereocenters. The fourth-order valence-corrected chi connectivity index (χ4v) is 1.86. The molecule has 2 aromatic rings. The zero-order valence-corrected chi connectivity index (χ0v) is 10.6. The molecule has 4 heteroatoms. The molecule has 1 unspecified atom stereocenters. The first-order chi connectivity index (χ1) is 9.08. The SMILES string of the molecule is CC(N)c1c(F)cc(F)cc1OCc1ccccc1. The molecule has 19 heavy (non-hydrogen) atoms. The van der Waals surface area contributed by atoms with E-state index in [0.717, 1.165) is 17.7 Å². The lowest BCUT2D eigenvalue weighted by molar-refractivity contribution is 0.297. The fraction of sp³-hybridized carbons (Fsp3) is 0.200. The van der Waals surface area contributed by atoms with Crippen molar-refractivity contribution in [3.05, 3.63) is 65.2 Å². The van der Waals surface area contributed by atoms with Crippen LogP contribution in [0.2, 0.25) is 0 Å². The predicted molar refractivity (Wildman–Crippen MR) is 69.7 cm³/mol. The molecule has 0 fully saturated rings. The van der Waals surface area contributed by atoms with Crippen molar-refractivity contribution in [3.63, 3.8) is 0 Å². The van der Waals surface area contributed by atoms with Gasteiger partial charge in [0, 0.05) is 23.7 Å². The number of hydrogen-bond acceptors (Lipinski definition) is 2. The standard InChI is InChI=1S/C15H15F2NO/c1-10(18)15-13(17)7-12(16)8-14(15)19-9-11-5-3-2-4-6-11/h2-8,10H,9,18H2,1H3. The second-order valence-corrected chi connectivity index (χ2v) is 4.36. The van der Waals surface area contributed by atoms with Crippen LogP contribution < -0.4 is 10.5 Å². The average molecular weight is 263 g/mol. The van der Waals surface area contributed by atoms with Crippen LogP contribution in [0.1, 0.15) is 24.1 Å². The smallest absolute Gasteiger partial charge is 0.134 e. The summed E-state index contributed by atoms with van der Waals surface area (Å²) < 4.78 is 32.4. The van der Waals surface area contributed by atoms with E-state index < -0.39 is 17.7 Å². The minimum Gasteiger partial charge on any atom is -0.488 e. The molecule has 100 valence electrons. The third kappa shape index (κ3) is 3.29. The first-order valence-electron chi connectivity index (χ1n) is 5.99. The number of hydrogen-bond donors (Lipinski definition) is 1. The van der Waals surface area contributed by atoms with E-state index in [4.69, 9.17) is 10.5 Å². The highest BCUT2D eigenvalue weighted by Crippen LogP contribution is 2.28. The fourth-order valence-electron chi connectivity index (χ4n) is 1.86. The summed E-state index contributed by atoms with van der Waals surface area (Å²) in [5, 5.41) is 0. The van der Waals surface area contributed by atoms with Gasteiger partial charge in [0.1, 0.15) is 24.0 Å². The van der Waals surface area contributed by atoms with Crippen LogP contribution in [0.15, 0.2) is 42.5 Å². The summed E-state index contributed by atoms with van der Waals surface area (Å²) in [6.07, 6.45) is 0. The Kier molecular flexibility index (Phi) is 4.12. The highest BCUT2D eigenvalue weighted by atomic mass is 19.1. The van der Waals surface area contributed by atoms with Crippen LogP contribution in [-0.4, -0.2) is 0 Å². The van der Waals surface area contributed by atoms with E-state index in [9.17, 15) is 8.78 Å². The van der Waals surface area contributed by atoms with Crippen molar-refractivity contribution in [2.45, 2.75) is 19.6 Å². The molecule has 0 spiro atoms. The summed E-state index contributed by atoms with van der Waals surface area (Å²) in [6, 6.07) is 10.8. The lowest BCUT2D eigenvalue weighted by atomic mass is 10.1. The van der Waals surface area contributed by atoms with Gasteiger partial charge in [-0.3, -0.25) is 0 Å². The summed E-state index contributed by atoms with van der Waals surface area (Å²) >= 11 is 0. The summed E-state index contributed by atoms with van der Waals surface area (Å²) in [4.78, 5) is 0. The quantitative estimate of drug-likeness (QED) is 0.915. The lowest BCUT2D eigenvalue weighted by Gasteiger charge is -2.15. The van der Waals surface area contributed by atoms with Gasteiger partial charge >= 0.3 is 0 Å². The first kappa shape index (κ1) is 13.5. The van der Waals surface area contributed by atoms with Gasteiger partial charge < -0.3 is 10.5 Å². The molecule has 0 heterocycles. The Labute approximate surface area is 110 Å². The van der Waals surface area contributed by atoms with Crippen LogP contribution in [-0.2, 0) is 6.61 Å². The van der Waals surface area contributed by atoms with Gasteiger partial charge in [-0.2, -0.15) is 0 Å². The first-order valence-corrected chi connectivity index (χ1v) is 5.99. The molecule has 0 amide bonds. The molecule has 2 aromatic carbocycles. The normalized spacial score (nSPS) is 12.2. The van der Waals surface area contributed by atoms with Crippen molar-refractivity contribution in [2.75, 3.05) is 0 Å². The Morgan fingerprint density at radius 1 is 1.16 bits per heavy atom. The second kappa shape index (κ2) is 5.80. The van der Waals surface area contributed by atoms with E-state index in [1.807, 2.05) is 30.3 Å². The monoisotopic (exact) mass is 263 g/mol. The number of halogens is 2. The lowest BCUT2D eigenvalue weighted by Crippen LogP contribution is -2.11. The Morgan fingerprint density at radius 2 is 1.84 bits per heavy atom. The number of ether oxygens (including phenoxy) is 1. The van der Waals surface area contributed by atoms with Crippen molar-refractivity contribution in [1.29, 1.82) is 0 Å². The third-order valence-corrected chi connectivity index (χ3v) is 2.75. The van der Waals surface area contributed by atoms with Crippen molar-refractivity contribution >= 4 is 0 Å². The highest BCUT2D eigenvalue weighted by Gasteiger charge is 2.16. The summed E-state index contributed by atoms with van der Waals surface area (Å²) in [6.45, 7) is 1.87. The van der Waals surface area contributed by atoms with Gasteiger partial charge in [-0.05, 0) is 12.5 Å². The largest absolute Gasteiger partial charge is 0.488 e. The molecular weight excluding hydrogens is 248 g/mol. The Balaban J connectivity index is 2.24. The van der Waals surface area contributed by atoms with Crippen molar-refractivity contribution in [1.82, 2.24) is 0 Å². The Morgan fingerprint density at radius 3 is 2.47 bits per heavy atom. The van der Waals surface area contributed by atoms with E-state index in [1.165, 1.54) is 0 Å². The minimum absolute atomic E-state index is 0.149. The van der Waals surface area contributed by atoms with E-state index >= 15 is 0 Å². The topological polar surface area (TPSA) is 35.2 Å². The van der Waals surface area contributed by atoms with Crippen LogP contribution in [0, 0.1) is 11.6 Å². The van der Waals surface area contributed by atoms with Gasteiger partial charge in [0.2, 0.25) is 0 Å². The Bertz CT molecular complexity index is 556. The second-order valence-electron chi connectivity index (χ2n) is 4.36. The van der Waals surface area contributed by atoms with Crippen LogP contribution in [0.4, 0.5) is 8.78 Å². The van der Waals surface area contributed by atoms with E-state index in [-0.39, 0.29) is 17.9 Å². The van der Waals surface area contributed by atoms with Gasteiger partial charge in [0.25, 0.3) is 0 Å². The van der Waals surface area contributed by atoms with Gasteiger partial charge in [-0.25, -0.2) is 8.78 Å². The zero-order valence-electron chi connectivity index (χ0n) is 10.6. The van der Waals surface area contributed by atoms with Crippen LogP contribution in [0.25, 0.3) is 0 Å². The molecular formula is C15H15F2NO. The van der Waals surface area contributed by atoms with Crippen LogP contribution in [0.5, 0.6) is 5.75 Å². The number of benzene rings is 2. The van der Waals surface area contributed by atoms with Crippen molar-refractivity contribution < 1.29 is 13.5 Å². The van der Waals surface area contributed by atoms with Crippen LogP contribution >= 0.6 is 0 Å². The maximum Gasteiger partial charge on any atom is 0.134 e. The zero-order chi connectivity index (χ0) is 13.8. The van der Waals surface area contributed by atoms with Gasteiger partial charge in [-0.1, -0.05) is 30.3 Å². The molecule has 0 aliphatic carbocycles. The molecule has 2 rings (SSSR count). The molecule has 0 bridgehead atoms. The third-order valence-electron chi connectivity index (χ3n) is 2.75.